The van der Waals surface area contributed by atoms with Crippen molar-refractivity contribution in [1.29, 1.82) is 0 Å². The summed E-state index contributed by atoms with van der Waals surface area (Å²) in [5, 5.41) is 13.5. The van der Waals surface area contributed by atoms with Crippen molar-refractivity contribution in [2.45, 2.75) is 12.5 Å². The Bertz CT molecular complexity index is 815. The van der Waals surface area contributed by atoms with Crippen LogP contribution in [0.25, 0.3) is 0 Å². The molecular weight excluding hydrogens is 351 g/mol. The summed E-state index contributed by atoms with van der Waals surface area (Å²) in [6.45, 7) is 1.57. The molecule has 6 nitrogen and oxygen atoms in total. The molecule has 132 valence electrons. The Morgan fingerprint density at radius 3 is 2.64 bits per heavy atom. The van der Waals surface area contributed by atoms with Crippen LogP contribution in [0.15, 0.2) is 42.5 Å². The molecular formula is C17H16ClFN2O4. The van der Waals surface area contributed by atoms with Crippen molar-refractivity contribution in [2.75, 3.05) is 13.7 Å². The van der Waals surface area contributed by atoms with Gasteiger partial charge in [0.25, 0.3) is 11.6 Å². The first-order valence-electron chi connectivity index (χ1n) is 7.31. The number of nitrogens with one attached hydrogen (secondary N) is 1. The lowest BCUT2D eigenvalue weighted by Gasteiger charge is -2.29. The zero-order valence-electron chi connectivity index (χ0n) is 13.6. The van der Waals surface area contributed by atoms with Crippen LogP contribution in [0, 0.1) is 15.9 Å². The fraction of sp³-hybridized carbons (Fsp3) is 0.235. The van der Waals surface area contributed by atoms with Crippen molar-refractivity contribution < 1.29 is 18.8 Å². The van der Waals surface area contributed by atoms with Crippen LogP contribution in [0.3, 0.4) is 0 Å². The average molecular weight is 367 g/mol. The van der Waals surface area contributed by atoms with Gasteiger partial charge in [0.1, 0.15) is 11.4 Å². The number of amides is 1. The monoisotopic (exact) mass is 366 g/mol. The lowest BCUT2D eigenvalue weighted by molar-refractivity contribution is -0.384. The first-order valence-corrected chi connectivity index (χ1v) is 7.68. The third-order valence-electron chi connectivity index (χ3n) is 3.89. The third-order valence-corrected chi connectivity index (χ3v) is 4.22. The lowest BCUT2D eigenvalue weighted by atomic mass is 9.95. The predicted octanol–water partition coefficient (Wildman–Crippen LogP) is 3.68. The van der Waals surface area contributed by atoms with Crippen LogP contribution in [0.2, 0.25) is 5.02 Å². The summed E-state index contributed by atoms with van der Waals surface area (Å²) in [5.74, 6) is -1.08. The molecule has 8 heteroatoms. The molecule has 0 bridgehead atoms. The largest absolute Gasteiger partial charge is 0.372 e. The SMILES string of the molecule is COC(C)(CNC(=O)c1cc([N+](=O)[O-])ccc1Cl)c1ccccc1F. The number of non-ortho nitro benzene ring substituents is 1. The minimum atomic E-state index is -1.12. The molecule has 25 heavy (non-hydrogen) atoms. The number of nitro groups is 1. The van der Waals surface area contributed by atoms with Gasteiger partial charge in [0.05, 0.1) is 22.1 Å². The van der Waals surface area contributed by atoms with E-state index in [1.165, 1.54) is 25.3 Å². The minimum Gasteiger partial charge on any atom is -0.372 e. The Balaban J connectivity index is 2.22. The molecule has 0 aliphatic carbocycles. The molecule has 0 radical (unpaired) electrons. The normalized spacial score (nSPS) is 13.1. The Morgan fingerprint density at radius 1 is 1.36 bits per heavy atom. The second kappa shape index (κ2) is 7.58. The Hall–Kier alpha value is -2.51. The van der Waals surface area contributed by atoms with Crippen molar-refractivity contribution >= 4 is 23.2 Å². The highest BCUT2D eigenvalue weighted by Crippen LogP contribution is 2.27. The molecule has 0 aliphatic rings. The number of halogens is 2. The fourth-order valence-corrected chi connectivity index (χ4v) is 2.52. The zero-order valence-corrected chi connectivity index (χ0v) is 14.3. The van der Waals surface area contributed by atoms with Gasteiger partial charge in [0.15, 0.2) is 0 Å². The molecule has 2 rings (SSSR count). The molecule has 1 atom stereocenters. The van der Waals surface area contributed by atoms with Gasteiger partial charge < -0.3 is 10.1 Å². The van der Waals surface area contributed by atoms with Crippen LogP contribution in [-0.4, -0.2) is 24.5 Å². The van der Waals surface area contributed by atoms with Crippen LogP contribution >= 0.6 is 11.6 Å². The molecule has 1 N–H and O–H groups in total. The Kier molecular flexibility index (Phi) is 5.71. The van der Waals surface area contributed by atoms with E-state index < -0.39 is 22.2 Å². The molecule has 0 saturated heterocycles. The summed E-state index contributed by atoms with van der Waals surface area (Å²) in [6, 6.07) is 9.64. The van der Waals surface area contributed by atoms with Gasteiger partial charge in [-0.3, -0.25) is 14.9 Å². The van der Waals surface area contributed by atoms with Gasteiger partial charge >= 0.3 is 0 Å². The van der Waals surface area contributed by atoms with Gasteiger partial charge in [-0.1, -0.05) is 29.8 Å². The van der Waals surface area contributed by atoms with E-state index in [1.54, 1.807) is 25.1 Å². The second-order valence-corrected chi connectivity index (χ2v) is 5.93. The van der Waals surface area contributed by atoms with Gasteiger partial charge in [-0.05, 0) is 19.1 Å². The molecule has 0 heterocycles. The number of benzene rings is 2. The molecule has 0 aromatic heterocycles. The number of hydrogen-bond donors (Lipinski definition) is 1. The van der Waals surface area contributed by atoms with Crippen LogP contribution in [-0.2, 0) is 10.3 Å². The van der Waals surface area contributed by atoms with Crippen molar-refractivity contribution in [2.24, 2.45) is 0 Å². The van der Waals surface area contributed by atoms with E-state index in [0.717, 1.165) is 6.07 Å². The summed E-state index contributed by atoms with van der Waals surface area (Å²) in [4.78, 5) is 22.6. The molecule has 2 aromatic rings. The Morgan fingerprint density at radius 2 is 2.04 bits per heavy atom. The number of carbonyl (C=O) groups is 1. The predicted molar refractivity (Wildman–Crippen MR) is 91.2 cm³/mol. The lowest BCUT2D eigenvalue weighted by Crippen LogP contribution is -2.40. The summed E-state index contributed by atoms with van der Waals surface area (Å²) in [6.07, 6.45) is 0. The number of nitrogens with zero attached hydrogens (tertiary/aromatic N) is 1. The number of ether oxygens (including phenoxy) is 1. The van der Waals surface area contributed by atoms with Crippen molar-refractivity contribution in [3.63, 3.8) is 0 Å². The van der Waals surface area contributed by atoms with Gasteiger partial charge in [-0.2, -0.15) is 0 Å². The van der Waals surface area contributed by atoms with E-state index in [1.807, 2.05) is 0 Å². The molecule has 0 aliphatic heterocycles. The second-order valence-electron chi connectivity index (χ2n) is 5.52. The maximum absolute atomic E-state index is 14.0. The number of carbonyl (C=O) groups excluding carboxylic acids is 1. The van der Waals surface area contributed by atoms with E-state index in [9.17, 15) is 19.3 Å². The molecule has 0 spiro atoms. The van der Waals surface area contributed by atoms with Gasteiger partial charge in [0, 0.05) is 24.8 Å². The number of rotatable bonds is 6. The first-order chi connectivity index (χ1) is 11.8. The molecule has 2 aromatic carbocycles. The smallest absolute Gasteiger partial charge is 0.270 e. The van der Waals surface area contributed by atoms with E-state index >= 15 is 0 Å². The van der Waals surface area contributed by atoms with E-state index in [-0.39, 0.29) is 28.4 Å². The average Bonchev–Trinajstić information content (AvgIpc) is 2.60. The third kappa shape index (κ3) is 4.12. The van der Waals surface area contributed by atoms with Crippen LogP contribution in [0.1, 0.15) is 22.8 Å². The van der Waals surface area contributed by atoms with E-state index in [2.05, 4.69) is 5.32 Å². The highest BCUT2D eigenvalue weighted by Gasteiger charge is 2.30. The number of nitro benzene ring substituents is 1. The zero-order chi connectivity index (χ0) is 18.6. The topological polar surface area (TPSA) is 81.5 Å². The van der Waals surface area contributed by atoms with Crippen LogP contribution < -0.4 is 5.32 Å². The van der Waals surface area contributed by atoms with E-state index in [4.69, 9.17) is 16.3 Å². The highest BCUT2D eigenvalue weighted by molar-refractivity contribution is 6.33. The molecule has 1 amide bonds. The summed E-state index contributed by atoms with van der Waals surface area (Å²) >= 11 is 5.95. The maximum Gasteiger partial charge on any atom is 0.270 e. The number of hydrogen-bond acceptors (Lipinski definition) is 4. The minimum absolute atomic E-state index is 0.0390. The summed E-state index contributed by atoms with van der Waals surface area (Å²) in [7, 11) is 1.40. The molecule has 0 fully saturated rings. The molecule has 0 saturated carbocycles. The Labute approximate surface area is 148 Å². The van der Waals surface area contributed by atoms with E-state index in [0.29, 0.717) is 0 Å². The highest BCUT2D eigenvalue weighted by atomic mass is 35.5. The van der Waals surface area contributed by atoms with Gasteiger partial charge in [-0.15, -0.1) is 0 Å². The van der Waals surface area contributed by atoms with Crippen molar-refractivity contribution in [1.82, 2.24) is 5.32 Å². The molecule has 1 unspecified atom stereocenters. The van der Waals surface area contributed by atoms with Crippen molar-refractivity contribution in [3.8, 4) is 0 Å². The van der Waals surface area contributed by atoms with Gasteiger partial charge in [-0.25, -0.2) is 4.39 Å². The van der Waals surface area contributed by atoms with Crippen molar-refractivity contribution in [3.05, 3.63) is 74.5 Å². The fourth-order valence-electron chi connectivity index (χ4n) is 2.31. The maximum atomic E-state index is 14.0. The summed E-state index contributed by atoms with van der Waals surface area (Å²) < 4.78 is 19.4. The van der Waals surface area contributed by atoms with Crippen LogP contribution in [0.4, 0.5) is 10.1 Å². The van der Waals surface area contributed by atoms with Crippen LogP contribution in [0.5, 0.6) is 0 Å². The quantitative estimate of drug-likeness (QED) is 0.624. The van der Waals surface area contributed by atoms with Gasteiger partial charge in [0.2, 0.25) is 0 Å². The number of methoxy groups -OCH3 is 1. The first kappa shape index (κ1) is 18.8. The summed E-state index contributed by atoms with van der Waals surface area (Å²) in [5.41, 5.74) is -1.13. The standard InChI is InChI=1S/C17H16ClFN2O4/c1-17(25-2,13-5-3-4-6-15(13)19)10-20-16(22)12-9-11(21(23)24)7-8-14(12)18/h3-9H,10H2,1-2H3,(H,20,22).